The smallest absolute Gasteiger partial charge is 0.381 e. The van der Waals surface area contributed by atoms with Gasteiger partial charge in [-0.25, -0.2) is 0 Å². The maximum atomic E-state index is 8.74. The Labute approximate surface area is 194 Å². The molecule has 0 spiro atoms. The van der Waals surface area contributed by atoms with Gasteiger partial charge in [-0.3, -0.25) is 9.11 Å². The monoisotopic (exact) mass is 470 g/mol. The molecule has 0 aliphatic carbocycles. The van der Waals surface area contributed by atoms with Crippen molar-refractivity contribution < 1.29 is 22.3 Å². The number of unbranched alkanes of at least 4 members (excludes halogenated alkanes) is 18. The first kappa shape index (κ1) is 35.4. The second-order valence-electron chi connectivity index (χ2n) is 8.42. The Balaban J connectivity index is -0.00000116. The van der Waals surface area contributed by atoms with Gasteiger partial charge in [0, 0.05) is 13.2 Å². The summed E-state index contributed by atoms with van der Waals surface area (Å²) in [5, 5.41) is 0. The Bertz CT molecular complexity index is 375. The van der Waals surface area contributed by atoms with E-state index in [1.54, 1.807) is 0 Å². The van der Waals surface area contributed by atoms with E-state index in [9.17, 15) is 0 Å². The van der Waals surface area contributed by atoms with Crippen LogP contribution in [-0.2, 0) is 15.1 Å². The van der Waals surface area contributed by atoms with Crippen molar-refractivity contribution in [1.29, 1.82) is 0 Å². The molecule has 0 unspecified atom stereocenters. The zero-order valence-electron chi connectivity index (χ0n) is 21.1. The van der Waals surface area contributed by atoms with E-state index in [1.807, 2.05) is 0 Å². The second kappa shape index (κ2) is 29.8. The van der Waals surface area contributed by atoms with Crippen LogP contribution in [0.3, 0.4) is 0 Å². The Hall–Kier alpha value is -0.210. The van der Waals surface area contributed by atoms with Gasteiger partial charge in [-0.05, 0) is 12.8 Å². The van der Waals surface area contributed by atoms with Crippen molar-refractivity contribution in [2.75, 3.05) is 13.2 Å². The van der Waals surface area contributed by atoms with Crippen molar-refractivity contribution in [3.63, 3.8) is 0 Å². The van der Waals surface area contributed by atoms with Crippen molar-refractivity contribution in [1.82, 2.24) is 6.15 Å². The molecule has 0 aromatic carbocycles. The third-order valence-corrected chi connectivity index (χ3v) is 5.28. The molecule has 0 aromatic heterocycles. The van der Waals surface area contributed by atoms with Gasteiger partial charge in [-0.1, -0.05) is 129 Å². The van der Waals surface area contributed by atoms with E-state index in [1.165, 1.54) is 128 Å². The molecule has 0 atom stereocenters. The SMILES string of the molecule is CCCCCCCCCCCCOCCCCCCCCCCCC.O=S(=O)(O)O.[NH4+]. The minimum Gasteiger partial charge on any atom is -0.381 e. The summed E-state index contributed by atoms with van der Waals surface area (Å²) in [6.07, 6.45) is 28.2. The molecule has 0 saturated heterocycles. The van der Waals surface area contributed by atoms with Crippen LogP contribution >= 0.6 is 0 Å². The number of hydrogen-bond acceptors (Lipinski definition) is 3. The molecule has 0 aliphatic rings. The van der Waals surface area contributed by atoms with Gasteiger partial charge in [0.2, 0.25) is 0 Å². The highest BCUT2D eigenvalue weighted by Crippen LogP contribution is 2.12. The first-order valence-corrected chi connectivity index (χ1v) is 14.1. The maximum Gasteiger partial charge on any atom is 0.394 e. The Morgan fingerprint density at radius 3 is 0.903 bits per heavy atom. The molecule has 7 heteroatoms. The molecule has 0 amide bonds. The molecule has 0 aliphatic heterocycles. The molecule has 31 heavy (non-hydrogen) atoms. The van der Waals surface area contributed by atoms with Crippen molar-refractivity contribution in [3.8, 4) is 0 Å². The molecule has 6 nitrogen and oxygen atoms in total. The molecule has 0 rings (SSSR count). The molecular weight excluding hydrogens is 414 g/mol. The summed E-state index contributed by atoms with van der Waals surface area (Å²) in [6.45, 7) is 6.57. The molecule has 192 valence electrons. The van der Waals surface area contributed by atoms with Crippen molar-refractivity contribution >= 4 is 10.4 Å². The molecule has 6 N–H and O–H groups in total. The number of hydrogen-bond donors (Lipinski definition) is 3. The Kier molecular flexibility index (Phi) is 34.0. The van der Waals surface area contributed by atoms with E-state index < -0.39 is 10.4 Å². The lowest BCUT2D eigenvalue weighted by atomic mass is 10.1. The predicted molar refractivity (Wildman–Crippen MR) is 135 cm³/mol. The van der Waals surface area contributed by atoms with Crippen LogP contribution in [0.1, 0.15) is 142 Å². The highest BCUT2D eigenvalue weighted by Gasteiger charge is 1.95. The highest BCUT2D eigenvalue weighted by atomic mass is 32.3. The Morgan fingerprint density at radius 1 is 0.484 bits per heavy atom. The van der Waals surface area contributed by atoms with E-state index in [0.717, 1.165) is 13.2 Å². The van der Waals surface area contributed by atoms with E-state index in [2.05, 4.69) is 13.8 Å². The number of quaternary nitrogens is 1. The highest BCUT2D eigenvalue weighted by molar-refractivity contribution is 7.79. The standard InChI is InChI=1S/C24H50O.H3N.H2O4S/c1-3-5-7-9-11-13-15-17-19-21-23-25-24-22-20-18-16-14-12-10-8-6-4-2;;1-5(2,3)4/h3-24H2,1-2H3;1H3;(H2,1,2,3,4)/p+1. The fourth-order valence-corrected chi connectivity index (χ4v) is 3.49. The summed E-state index contributed by atoms with van der Waals surface area (Å²) >= 11 is 0. The predicted octanol–water partition coefficient (Wildman–Crippen LogP) is 8.57. The van der Waals surface area contributed by atoms with Gasteiger partial charge in [0.1, 0.15) is 0 Å². The normalized spacial score (nSPS) is 11.0. The van der Waals surface area contributed by atoms with Gasteiger partial charge in [-0.15, -0.1) is 0 Å². The maximum absolute atomic E-state index is 8.74. The second-order valence-corrected chi connectivity index (χ2v) is 9.32. The van der Waals surface area contributed by atoms with E-state index in [-0.39, 0.29) is 6.15 Å². The van der Waals surface area contributed by atoms with Crippen molar-refractivity contribution in [2.24, 2.45) is 0 Å². The summed E-state index contributed by atoms with van der Waals surface area (Å²) in [7, 11) is -4.67. The number of ether oxygens (including phenoxy) is 1. The van der Waals surface area contributed by atoms with Gasteiger partial charge in [0.25, 0.3) is 0 Å². The summed E-state index contributed by atoms with van der Waals surface area (Å²) < 4.78 is 37.4. The average molecular weight is 471 g/mol. The molecule has 0 radical (unpaired) electrons. The van der Waals surface area contributed by atoms with Gasteiger partial charge < -0.3 is 10.9 Å². The largest absolute Gasteiger partial charge is 0.394 e. The minimum atomic E-state index is -4.67. The summed E-state index contributed by atoms with van der Waals surface area (Å²) in [6, 6.07) is 0. The summed E-state index contributed by atoms with van der Waals surface area (Å²) in [5.41, 5.74) is 0. The zero-order chi connectivity index (χ0) is 22.8. The van der Waals surface area contributed by atoms with Gasteiger partial charge in [0.05, 0.1) is 0 Å². The van der Waals surface area contributed by atoms with E-state index in [4.69, 9.17) is 22.3 Å². The minimum absolute atomic E-state index is 0. The molecule has 0 saturated carbocycles. The fourth-order valence-electron chi connectivity index (χ4n) is 3.49. The molecule has 0 fully saturated rings. The lowest BCUT2D eigenvalue weighted by Gasteiger charge is -2.05. The van der Waals surface area contributed by atoms with Crippen LogP contribution in [0.2, 0.25) is 0 Å². The van der Waals surface area contributed by atoms with Crippen LogP contribution in [0.4, 0.5) is 0 Å². The van der Waals surface area contributed by atoms with Gasteiger partial charge in [-0.2, -0.15) is 8.42 Å². The lowest BCUT2D eigenvalue weighted by molar-refractivity contribution is 0.125. The lowest BCUT2D eigenvalue weighted by Crippen LogP contribution is -1.97. The topological polar surface area (TPSA) is 120 Å². The third-order valence-electron chi connectivity index (χ3n) is 5.28. The van der Waals surface area contributed by atoms with Gasteiger partial charge >= 0.3 is 10.4 Å². The van der Waals surface area contributed by atoms with Crippen LogP contribution in [0.5, 0.6) is 0 Å². The van der Waals surface area contributed by atoms with Gasteiger partial charge in [0.15, 0.2) is 0 Å². The first-order chi connectivity index (χ1) is 14.4. The fraction of sp³-hybridized carbons (Fsp3) is 1.00. The quantitative estimate of drug-likeness (QED) is 0.108. The molecule has 0 aromatic rings. The summed E-state index contributed by atoms with van der Waals surface area (Å²) in [5.74, 6) is 0. The van der Waals surface area contributed by atoms with Crippen LogP contribution in [-0.4, -0.2) is 30.7 Å². The van der Waals surface area contributed by atoms with E-state index in [0.29, 0.717) is 0 Å². The van der Waals surface area contributed by atoms with Crippen molar-refractivity contribution in [3.05, 3.63) is 0 Å². The first-order valence-electron chi connectivity index (χ1n) is 12.7. The molecular formula is C24H56NO5S+. The van der Waals surface area contributed by atoms with Crippen molar-refractivity contribution in [2.45, 2.75) is 142 Å². The third kappa shape index (κ3) is 48.5. The number of rotatable bonds is 22. The van der Waals surface area contributed by atoms with E-state index >= 15 is 0 Å². The van der Waals surface area contributed by atoms with Crippen LogP contribution in [0.15, 0.2) is 0 Å². The van der Waals surface area contributed by atoms with Crippen LogP contribution in [0, 0.1) is 0 Å². The van der Waals surface area contributed by atoms with Crippen LogP contribution in [0.25, 0.3) is 0 Å². The molecule has 0 bridgehead atoms. The zero-order valence-corrected chi connectivity index (χ0v) is 21.9. The van der Waals surface area contributed by atoms with Crippen LogP contribution < -0.4 is 6.15 Å². The summed E-state index contributed by atoms with van der Waals surface area (Å²) in [4.78, 5) is 0. The average Bonchev–Trinajstić information content (AvgIpc) is 2.68. The molecule has 0 heterocycles. The Morgan fingerprint density at radius 2 is 0.677 bits per heavy atom.